The molecule has 1 saturated heterocycles. The summed E-state index contributed by atoms with van der Waals surface area (Å²) in [5, 5.41) is 9.25. The van der Waals surface area contributed by atoms with Crippen molar-refractivity contribution >= 4 is 17.8 Å². The SMILES string of the molecule is Cc1cc(NC(=O)N[C@@H](CN2CCCC2=O)c2ccccc2)on1. The summed E-state index contributed by atoms with van der Waals surface area (Å²) in [6, 6.07) is 10.6. The molecule has 2 aromatic rings. The third-order valence-electron chi connectivity index (χ3n) is 3.95. The zero-order chi connectivity index (χ0) is 16.9. The highest BCUT2D eigenvalue weighted by molar-refractivity contribution is 5.88. The van der Waals surface area contributed by atoms with Gasteiger partial charge in [-0.2, -0.15) is 0 Å². The Kier molecular flexibility index (Phi) is 4.79. The number of amides is 3. The van der Waals surface area contributed by atoms with Crippen LogP contribution in [-0.4, -0.2) is 35.1 Å². The molecule has 2 N–H and O–H groups in total. The molecule has 0 aliphatic carbocycles. The lowest BCUT2D eigenvalue weighted by atomic mass is 10.1. The lowest BCUT2D eigenvalue weighted by Crippen LogP contribution is -2.40. The van der Waals surface area contributed by atoms with Crippen LogP contribution < -0.4 is 10.6 Å². The van der Waals surface area contributed by atoms with E-state index in [0.717, 1.165) is 18.5 Å². The number of urea groups is 1. The molecule has 0 saturated carbocycles. The van der Waals surface area contributed by atoms with E-state index in [-0.39, 0.29) is 17.8 Å². The predicted octanol–water partition coefficient (Wildman–Crippen LogP) is 2.47. The van der Waals surface area contributed by atoms with Gasteiger partial charge in [-0.25, -0.2) is 4.79 Å². The maximum atomic E-state index is 12.2. The average Bonchev–Trinajstić information content (AvgIpc) is 3.16. The molecule has 7 nitrogen and oxygen atoms in total. The lowest BCUT2D eigenvalue weighted by molar-refractivity contribution is -0.128. The van der Waals surface area contributed by atoms with Crippen LogP contribution >= 0.6 is 0 Å². The fourth-order valence-corrected chi connectivity index (χ4v) is 2.77. The van der Waals surface area contributed by atoms with Crippen molar-refractivity contribution in [3.8, 4) is 0 Å². The van der Waals surface area contributed by atoms with Crippen LogP contribution in [0.1, 0.15) is 30.1 Å². The van der Waals surface area contributed by atoms with E-state index in [1.54, 1.807) is 17.9 Å². The Morgan fingerprint density at radius 1 is 1.38 bits per heavy atom. The van der Waals surface area contributed by atoms with Crippen molar-refractivity contribution in [1.29, 1.82) is 0 Å². The Morgan fingerprint density at radius 2 is 2.17 bits per heavy atom. The van der Waals surface area contributed by atoms with Gasteiger partial charge in [0.25, 0.3) is 0 Å². The molecule has 3 amide bonds. The molecule has 0 spiro atoms. The van der Waals surface area contributed by atoms with Crippen LogP contribution in [0.25, 0.3) is 0 Å². The van der Waals surface area contributed by atoms with Crippen LogP contribution in [-0.2, 0) is 4.79 Å². The molecule has 3 rings (SSSR count). The van der Waals surface area contributed by atoms with Crippen LogP contribution in [0.3, 0.4) is 0 Å². The zero-order valence-electron chi connectivity index (χ0n) is 13.5. The minimum atomic E-state index is -0.397. The minimum Gasteiger partial charge on any atom is -0.340 e. The molecule has 126 valence electrons. The van der Waals surface area contributed by atoms with E-state index in [4.69, 9.17) is 4.52 Å². The summed E-state index contributed by atoms with van der Waals surface area (Å²) in [7, 11) is 0. The number of hydrogen-bond acceptors (Lipinski definition) is 4. The van der Waals surface area contributed by atoms with E-state index in [2.05, 4.69) is 15.8 Å². The highest BCUT2D eigenvalue weighted by Crippen LogP contribution is 2.19. The lowest BCUT2D eigenvalue weighted by Gasteiger charge is -2.25. The van der Waals surface area contributed by atoms with Crippen molar-refractivity contribution in [3.63, 3.8) is 0 Å². The number of rotatable bonds is 5. The molecular formula is C17H20N4O3. The summed E-state index contributed by atoms with van der Waals surface area (Å²) in [6.45, 7) is 2.96. The van der Waals surface area contributed by atoms with Gasteiger partial charge in [-0.3, -0.25) is 10.1 Å². The molecule has 7 heteroatoms. The van der Waals surface area contributed by atoms with E-state index in [1.807, 2.05) is 30.3 Å². The first kappa shape index (κ1) is 16.0. The summed E-state index contributed by atoms with van der Waals surface area (Å²) in [4.78, 5) is 25.9. The van der Waals surface area contributed by atoms with Crippen molar-refractivity contribution in [2.75, 3.05) is 18.4 Å². The Labute approximate surface area is 140 Å². The topological polar surface area (TPSA) is 87.5 Å². The van der Waals surface area contributed by atoms with Crippen LogP contribution in [0, 0.1) is 6.92 Å². The summed E-state index contributed by atoms with van der Waals surface area (Å²) in [5.41, 5.74) is 1.63. The molecule has 1 aliphatic rings. The molecule has 1 aromatic heterocycles. The van der Waals surface area contributed by atoms with E-state index in [9.17, 15) is 9.59 Å². The number of aryl methyl sites for hydroxylation is 1. The Hall–Kier alpha value is -2.83. The highest BCUT2D eigenvalue weighted by atomic mass is 16.5. The molecule has 0 radical (unpaired) electrons. The van der Waals surface area contributed by atoms with Gasteiger partial charge in [-0.05, 0) is 18.9 Å². The first-order chi connectivity index (χ1) is 11.6. The number of carbonyl (C=O) groups excluding carboxylic acids is 2. The van der Waals surface area contributed by atoms with Crippen molar-refractivity contribution in [1.82, 2.24) is 15.4 Å². The second-order valence-corrected chi connectivity index (χ2v) is 5.84. The molecule has 0 unspecified atom stereocenters. The third-order valence-corrected chi connectivity index (χ3v) is 3.95. The molecule has 0 bridgehead atoms. The fourth-order valence-electron chi connectivity index (χ4n) is 2.77. The van der Waals surface area contributed by atoms with Gasteiger partial charge < -0.3 is 14.7 Å². The standard InChI is InChI=1S/C17H20N4O3/c1-12-10-15(24-20-12)19-17(23)18-14(13-6-3-2-4-7-13)11-21-9-5-8-16(21)22/h2-4,6-7,10,14H,5,8-9,11H2,1H3,(H2,18,19,23)/t14-/m0/s1. The van der Waals surface area contributed by atoms with Crippen LogP contribution in [0.2, 0.25) is 0 Å². The monoisotopic (exact) mass is 328 g/mol. The van der Waals surface area contributed by atoms with E-state index in [0.29, 0.717) is 18.7 Å². The van der Waals surface area contributed by atoms with Crippen LogP contribution in [0.15, 0.2) is 40.9 Å². The molecule has 2 heterocycles. The average molecular weight is 328 g/mol. The van der Waals surface area contributed by atoms with Gasteiger partial charge >= 0.3 is 6.03 Å². The van der Waals surface area contributed by atoms with Crippen molar-refractivity contribution < 1.29 is 14.1 Å². The first-order valence-electron chi connectivity index (χ1n) is 7.95. The largest absolute Gasteiger partial charge is 0.340 e. The van der Waals surface area contributed by atoms with E-state index in [1.165, 1.54) is 0 Å². The van der Waals surface area contributed by atoms with Gasteiger partial charge in [-0.1, -0.05) is 35.5 Å². The van der Waals surface area contributed by atoms with E-state index < -0.39 is 6.03 Å². The number of likely N-dealkylation sites (tertiary alicyclic amines) is 1. The van der Waals surface area contributed by atoms with E-state index >= 15 is 0 Å². The first-order valence-corrected chi connectivity index (χ1v) is 7.95. The molecule has 1 aromatic carbocycles. The number of carbonyl (C=O) groups is 2. The van der Waals surface area contributed by atoms with Gasteiger partial charge in [0.15, 0.2) is 0 Å². The van der Waals surface area contributed by atoms with Gasteiger partial charge in [0.1, 0.15) is 0 Å². The summed E-state index contributed by atoms with van der Waals surface area (Å²) in [6.07, 6.45) is 1.44. The van der Waals surface area contributed by atoms with Crippen molar-refractivity contribution in [2.24, 2.45) is 0 Å². The van der Waals surface area contributed by atoms with Crippen molar-refractivity contribution in [3.05, 3.63) is 47.7 Å². The smallest absolute Gasteiger partial charge is 0.322 e. The second kappa shape index (κ2) is 7.16. The Balaban J connectivity index is 1.69. The van der Waals surface area contributed by atoms with Gasteiger partial charge in [0, 0.05) is 25.6 Å². The number of anilines is 1. The fraction of sp³-hybridized carbons (Fsp3) is 0.353. The Bertz CT molecular complexity index is 714. The van der Waals surface area contributed by atoms with Gasteiger partial charge in [0.05, 0.1) is 11.7 Å². The molecule has 24 heavy (non-hydrogen) atoms. The summed E-state index contributed by atoms with van der Waals surface area (Å²) < 4.78 is 4.99. The van der Waals surface area contributed by atoms with Crippen molar-refractivity contribution in [2.45, 2.75) is 25.8 Å². The molecular weight excluding hydrogens is 308 g/mol. The second-order valence-electron chi connectivity index (χ2n) is 5.84. The molecule has 1 fully saturated rings. The number of nitrogens with one attached hydrogen (secondary N) is 2. The predicted molar refractivity (Wildman–Crippen MR) is 88.4 cm³/mol. The number of hydrogen-bond donors (Lipinski definition) is 2. The third kappa shape index (κ3) is 3.92. The van der Waals surface area contributed by atoms with Crippen LogP contribution in [0.4, 0.5) is 10.7 Å². The highest BCUT2D eigenvalue weighted by Gasteiger charge is 2.25. The zero-order valence-corrected chi connectivity index (χ0v) is 13.5. The Morgan fingerprint density at radius 3 is 2.79 bits per heavy atom. The maximum absolute atomic E-state index is 12.2. The summed E-state index contributed by atoms with van der Waals surface area (Å²) >= 11 is 0. The number of benzene rings is 1. The van der Waals surface area contributed by atoms with Gasteiger partial charge in [0.2, 0.25) is 11.8 Å². The minimum absolute atomic E-state index is 0.129. The number of aromatic nitrogens is 1. The quantitative estimate of drug-likeness (QED) is 0.882. The summed E-state index contributed by atoms with van der Waals surface area (Å²) in [5.74, 6) is 0.415. The molecule has 1 aliphatic heterocycles. The maximum Gasteiger partial charge on any atom is 0.322 e. The number of nitrogens with zero attached hydrogens (tertiary/aromatic N) is 2. The molecule has 1 atom stereocenters. The normalized spacial score (nSPS) is 15.4. The van der Waals surface area contributed by atoms with Crippen LogP contribution in [0.5, 0.6) is 0 Å². The van der Waals surface area contributed by atoms with Gasteiger partial charge in [-0.15, -0.1) is 0 Å².